The van der Waals surface area contributed by atoms with Crippen LogP contribution in [0.2, 0.25) is 0 Å². The first kappa shape index (κ1) is 20.1. The molecule has 0 atom stereocenters. The number of thiophene rings is 2. The van der Waals surface area contributed by atoms with Gasteiger partial charge in [-0.3, -0.25) is 9.69 Å². The van der Waals surface area contributed by atoms with Crippen molar-refractivity contribution in [3.63, 3.8) is 0 Å². The second-order valence-electron chi connectivity index (χ2n) is 7.40. The number of amides is 1. The van der Waals surface area contributed by atoms with Crippen molar-refractivity contribution in [1.29, 1.82) is 0 Å². The number of piperidine rings is 1. The maximum absolute atomic E-state index is 12.6. The summed E-state index contributed by atoms with van der Waals surface area (Å²) >= 11 is 3.49. The van der Waals surface area contributed by atoms with Gasteiger partial charge in [0.2, 0.25) is 0 Å². The fourth-order valence-electron chi connectivity index (χ4n) is 3.59. The molecule has 4 nitrogen and oxygen atoms in total. The molecule has 1 aliphatic rings. The second-order valence-corrected chi connectivity index (χ2v) is 9.47. The number of carbonyl (C=O) groups is 1. The van der Waals surface area contributed by atoms with Crippen LogP contribution in [0, 0.1) is 5.92 Å². The Hall–Kier alpha value is -2.15. The average molecular weight is 427 g/mol. The van der Waals surface area contributed by atoms with Crippen LogP contribution in [0.5, 0.6) is 5.75 Å². The molecule has 1 aromatic carbocycles. The predicted octanol–water partition coefficient (Wildman–Crippen LogP) is 5.03. The molecule has 2 aromatic heterocycles. The third-order valence-corrected chi connectivity index (χ3v) is 6.99. The summed E-state index contributed by atoms with van der Waals surface area (Å²) in [5.74, 6) is 1.26. The number of benzene rings is 1. The standard InChI is InChI=1S/C23H26N2O2S2/c26-23(19-4-1-5-20(14-19)27-17-22-7-3-13-29-22)24-15-18-8-10-25(11-9-18)16-21-6-2-12-28-21/h1-7,12-14,18H,8-11,15-17H2,(H,24,26). The van der Waals surface area contributed by atoms with Gasteiger partial charge in [-0.1, -0.05) is 18.2 Å². The lowest BCUT2D eigenvalue weighted by Crippen LogP contribution is -2.38. The average Bonchev–Trinajstić information content (AvgIpc) is 3.46. The zero-order valence-electron chi connectivity index (χ0n) is 16.4. The van der Waals surface area contributed by atoms with Crippen molar-refractivity contribution in [2.45, 2.75) is 26.0 Å². The van der Waals surface area contributed by atoms with Gasteiger partial charge < -0.3 is 10.1 Å². The van der Waals surface area contributed by atoms with E-state index in [2.05, 4.69) is 27.7 Å². The molecule has 0 aliphatic carbocycles. The van der Waals surface area contributed by atoms with Crippen molar-refractivity contribution in [1.82, 2.24) is 10.2 Å². The first-order valence-corrected chi connectivity index (χ1v) is 11.8. The lowest BCUT2D eigenvalue weighted by Gasteiger charge is -2.31. The predicted molar refractivity (Wildman–Crippen MR) is 120 cm³/mol. The highest BCUT2D eigenvalue weighted by Gasteiger charge is 2.20. The van der Waals surface area contributed by atoms with E-state index >= 15 is 0 Å². The molecule has 0 unspecified atom stereocenters. The van der Waals surface area contributed by atoms with E-state index in [-0.39, 0.29) is 5.91 Å². The number of rotatable bonds is 8. The highest BCUT2D eigenvalue weighted by atomic mass is 32.1. The molecule has 1 amide bonds. The smallest absolute Gasteiger partial charge is 0.251 e. The van der Waals surface area contributed by atoms with Gasteiger partial charge in [-0.15, -0.1) is 22.7 Å². The molecular formula is C23H26N2O2S2. The van der Waals surface area contributed by atoms with Gasteiger partial charge in [-0.05, 0) is 72.9 Å². The Morgan fingerprint density at radius 3 is 2.52 bits per heavy atom. The van der Waals surface area contributed by atoms with E-state index in [1.54, 1.807) is 11.3 Å². The van der Waals surface area contributed by atoms with Crippen LogP contribution in [0.4, 0.5) is 0 Å². The molecule has 4 rings (SSSR count). The Balaban J connectivity index is 1.21. The third-order valence-electron chi connectivity index (χ3n) is 5.28. The Bertz CT molecular complexity index is 886. The van der Waals surface area contributed by atoms with Gasteiger partial charge in [-0.25, -0.2) is 0 Å². The van der Waals surface area contributed by atoms with E-state index in [4.69, 9.17) is 4.74 Å². The van der Waals surface area contributed by atoms with E-state index in [1.165, 1.54) is 9.75 Å². The minimum atomic E-state index is -0.0208. The molecule has 1 fully saturated rings. The minimum Gasteiger partial charge on any atom is -0.488 e. The molecule has 3 heterocycles. The molecule has 1 aliphatic heterocycles. The van der Waals surface area contributed by atoms with E-state index in [9.17, 15) is 4.79 Å². The van der Waals surface area contributed by atoms with Crippen molar-refractivity contribution in [2.24, 2.45) is 5.92 Å². The minimum absolute atomic E-state index is 0.0208. The fraction of sp³-hybridized carbons (Fsp3) is 0.348. The lowest BCUT2D eigenvalue weighted by molar-refractivity contribution is 0.0935. The number of likely N-dealkylation sites (tertiary alicyclic amines) is 1. The van der Waals surface area contributed by atoms with E-state index < -0.39 is 0 Å². The monoisotopic (exact) mass is 426 g/mol. The molecular weight excluding hydrogens is 400 g/mol. The Labute approximate surface area is 180 Å². The molecule has 152 valence electrons. The summed E-state index contributed by atoms with van der Waals surface area (Å²) in [6, 6.07) is 15.8. The van der Waals surface area contributed by atoms with Crippen LogP contribution in [0.3, 0.4) is 0 Å². The maximum atomic E-state index is 12.6. The quantitative estimate of drug-likeness (QED) is 0.549. The fourth-order valence-corrected chi connectivity index (χ4v) is 4.95. The molecule has 0 radical (unpaired) electrons. The number of hydrogen-bond acceptors (Lipinski definition) is 5. The number of nitrogens with zero attached hydrogens (tertiary/aromatic N) is 1. The van der Waals surface area contributed by atoms with Crippen molar-refractivity contribution in [2.75, 3.05) is 19.6 Å². The number of ether oxygens (including phenoxy) is 1. The first-order valence-electron chi connectivity index (χ1n) is 10.0. The number of hydrogen-bond donors (Lipinski definition) is 1. The van der Waals surface area contributed by atoms with Crippen LogP contribution in [0.25, 0.3) is 0 Å². The maximum Gasteiger partial charge on any atom is 0.251 e. The molecule has 0 spiro atoms. The molecule has 1 saturated heterocycles. The van der Waals surface area contributed by atoms with Crippen LogP contribution in [-0.4, -0.2) is 30.4 Å². The number of nitrogens with one attached hydrogen (secondary N) is 1. The molecule has 1 N–H and O–H groups in total. The van der Waals surface area contributed by atoms with Crippen LogP contribution < -0.4 is 10.1 Å². The number of carbonyl (C=O) groups excluding carboxylic acids is 1. The van der Waals surface area contributed by atoms with Gasteiger partial charge in [0.15, 0.2) is 0 Å². The summed E-state index contributed by atoms with van der Waals surface area (Å²) in [6.07, 6.45) is 2.27. The zero-order valence-corrected chi connectivity index (χ0v) is 18.0. The van der Waals surface area contributed by atoms with Crippen LogP contribution in [-0.2, 0) is 13.2 Å². The summed E-state index contributed by atoms with van der Waals surface area (Å²) in [5.41, 5.74) is 0.656. The highest BCUT2D eigenvalue weighted by Crippen LogP contribution is 2.21. The third kappa shape index (κ3) is 5.92. The Kier molecular flexibility index (Phi) is 6.98. The van der Waals surface area contributed by atoms with Crippen molar-refractivity contribution >= 4 is 28.6 Å². The van der Waals surface area contributed by atoms with Gasteiger partial charge in [0, 0.05) is 28.4 Å². The molecule has 29 heavy (non-hydrogen) atoms. The summed E-state index contributed by atoms with van der Waals surface area (Å²) in [5, 5.41) is 7.29. The largest absolute Gasteiger partial charge is 0.488 e. The molecule has 6 heteroatoms. The summed E-state index contributed by atoms with van der Waals surface area (Å²) < 4.78 is 5.82. The van der Waals surface area contributed by atoms with Crippen LogP contribution in [0.1, 0.15) is 33.0 Å². The molecule has 3 aromatic rings. The summed E-state index contributed by atoms with van der Waals surface area (Å²) in [6.45, 7) is 4.53. The summed E-state index contributed by atoms with van der Waals surface area (Å²) in [4.78, 5) is 17.7. The normalized spacial score (nSPS) is 15.3. The van der Waals surface area contributed by atoms with Gasteiger partial charge in [0.05, 0.1) is 0 Å². The highest BCUT2D eigenvalue weighted by molar-refractivity contribution is 7.10. The van der Waals surface area contributed by atoms with Gasteiger partial charge in [0.1, 0.15) is 12.4 Å². The lowest BCUT2D eigenvalue weighted by atomic mass is 9.96. The second kappa shape index (κ2) is 10.1. The SMILES string of the molecule is O=C(NCC1CCN(Cc2cccs2)CC1)c1cccc(OCc2cccs2)c1. The van der Waals surface area contributed by atoms with Gasteiger partial charge in [-0.2, -0.15) is 0 Å². The first-order chi connectivity index (χ1) is 14.3. The summed E-state index contributed by atoms with van der Waals surface area (Å²) in [7, 11) is 0. The van der Waals surface area contributed by atoms with E-state index in [0.717, 1.165) is 44.8 Å². The topological polar surface area (TPSA) is 41.6 Å². The Morgan fingerprint density at radius 1 is 1.03 bits per heavy atom. The Morgan fingerprint density at radius 2 is 1.79 bits per heavy atom. The zero-order chi connectivity index (χ0) is 19.9. The van der Waals surface area contributed by atoms with Crippen LogP contribution >= 0.6 is 22.7 Å². The van der Waals surface area contributed by atoms with E-state index in [1.807, 2.05) is 53.1 Å². The van der Waals surface area contributed by atoms with E-state index in [0.29, 0.717) is 18.1 Å². The van der Waals surface area contributed by atoms with Gasteiger partial charge >= 0.3 is 0 Å². The molecule has 0 bridgehead atoms. The van der Waals surface area contributed by atoms with Crippen molar-refractivity contribution in [3.05, 3.63) is 74.6 Å². The van der Waals surface area contributed by atoms with Gasteiger partial charge in [0.25, 0.3) is 5.91 Å². The van der Waals surface area contributed by atoms with Crippen molar-refractivity contribution in [3.8, 4) is 5.75 Å². The van der Waals surface area contributed by atoms with Crippen molar-refractivity contribution < 1.29 is 9.53 Å². The van der Waals surface area contributed by atoms with Crippen LogP contribution in [0.15, 0.2) is 59.3 Å². The molecule has 0 saturated carbocycles.